The summed E-state index contributed by atoms with van der Waals surface area (Å²) in [4.78, 5) is 10.8. The van der Waals surface area contributed by atoms with Gasteiger partial charge < -0.3 is 9.84 Å². The number of hydrogen-bond acceptors (Lipinski definition) is 3. The molecule has 166 valence electrons. The zero-order valence-electron chi connectivity index (χ0n) is 19.0. The summed E-state index contributed by atoms with van der Waals surface area (Å²) in [6, 6.07) is 10.1. The second-order valence-electron chi connectivity index (χ2n) is 11.3. The third kappa shape index (κ3) is 3.25. The lowest BCUT2D eigenvalue weighted by molar-refractivity contribution is -0.156. The topological polar surface area (TPSA) is 46.5 Å². The molecule has 4 fully saturated rings. The third-order valence-electron chi connectivity index (χ3n) is 10.2. The second-order valence-corrected chi connectivity index (χ2v) is 11.3. The minimum Gasteiger partial charge on any atom is -0.465 e. The van der Waals surface area contributed by atoms with Gasteiger partial charge in [-0.15, -0.1) is 0 Å². The van der Waals surface area contributed by atoms with Gasteiger partial charge in [-0.3, -0.25) is 4.79 Å². The van der Waals surface area contributed by atoms with Gasteiger partial charge in [0.05, 0.1) is 0 Å². The van der Waals surface area contributed by atoms with Gasteiger partial charge in [0.2, 0.25) is 0 Å². The van der Waals surface area contributed by atoms with Gasteiger partial charge in [0.1, 0.15) is 11.7 Å². The number of ether oxygens (including phenoxy) is 1. The summed E-state index contributed by atoms with van der Waals surface area (Å²) in [5, 5.41) is 11.8. The molecule has 0 spiro atoms. The summed E-state index contributed by atoms with van der Waals surface area (Å²) in [7, 11) is 0. The molecule has 1 aromatic rings. The molecule has 0 bridgehead atoms. The minimum absolute atomic E-state index is 0.114. The monoisotopic (exact) mass is 420 g/mol. The molecule has 0 unspecified atom stereocenters. The van der Waals surface area contributed by atoms with Crippen LogP contribution < -0.4 is 0 Å². The van der Waals surface area contributed by atoms with Crippen molar-refractivity contribution in [1.82, 2.24) is 0 Å². The van der Waals surface area contributed by atoms with Gasteiger partial charge in [-0.25, -0.2) is 0 Å². The summed E-state index contributed by atoms with van der Waals surface area (Å²) >= 11 is 0. The molecule has 4 saturated carbocycles. The van der Waals surface area contributed by atoms with Crippen LogP contribution in [0, 0.1) is 46.3 Å². The minimum atomic E-state index is -0.883. The molecule has 3 nitrogen and oxygen atoms in total. The Morgan fingerprint density at radius 2 is 1.77 bits per heavy atom. The fraction of sp³-hybridized carbons (Fsp3) is 0.679. The number of benzene rings is 1. The molecule has 0 saturated heterocycles. The number of aliphatic hydroxyl groups is 1. The lowest BCUT2D eigenvalue weighted by atomic mass is 9.44. The van der Waals surface area contributed by atoms with Gasteiger partial charge in [0.15, 0.2) is 0 Å². The van der Waals surface area contributed by atoms with Gasteiger partial charge in [-0.05, 0) is 99.0 Å². The first kappa shape index (κ1) is 21.1. The average Bonchev–Trinajstić information content (AvgIpc) is 3.05. The standard InChI is InChI=1S/C28H36O3/c1-26-14-11-22(31-19-29)18-21(26)8-9-23-24(26)12-15-27(2)25(23)13-17-28(27,30)16-10-20-6-4-3-5-7-20/h3-7,19,21-25,30H,8-9,11-15,17-18H2,1-2H3/t21-,22-,23-,24-,25+,26+,27-,28-/m0/s1. The van der Waals surface area contributed by atoms with Gasteiger partial charge >= 0.3 is 0 Å². The Morgan fingerprint density at radius 3 is 2.55 bits per heavy atom. The van der Waals surface area contributed by atoms with E-state index in [0.29, 0.717) is 29.6 Å². The molecule has 0 amide bonds. The van der Waals surface area contributed by atoms with E-state index < -0.39 is 5.60 Å². The molecular formula is C28H36O3. The van der Waals surface area contributed by atoms with Crippen LogP contribution >= 0.6 is 0 Å². The molecule has 4 aliphatic rings. The highest BCUT2D eigenvalue weighted by molar-refractivity contribution is 5.38. The molecule has 0 heterocycles. The van der Waals surface area contributed by atoms with E-state index in [0.717, 1.165) is 43.6 Å². The maximum atomic E-state index is 11.8. The molecule has 5 rings (SSSR count). The molecule has 0 aromatic heterocycles. The highest BCUT2D eigenvalue weighted by Crippen LogP contribution is 2.68. The summed E-state index contributed by atoms with van der Waals surface area (Å²) in [5.74, 6) is 9.27. The lowest BCUT2D eigenvalue weighted by Gasteiger charge is -2.61. The Kier molecular flexibility index (Phi) is 5.21. The number of carbonyl (C=O) groups excluding carboxylic acids is 1. The van der Waals surface area contributed by atoms with Crippen molar-refractivity contribution in [3.8, 4) is 11.8 Å². The van der Waals surface area contributed by atoms with Crippen LogP contribution in [0.15, 0.2) is 30.3 Å². The summed E-state index contributed by atoms with van der Waals surface area (Å²) in [5.41, 5.74) is 0.338. The fourth-order valence-electron chi connectivity index (χ4n) is 8.34. The molecular weight excluding hydrogens is 384 g/mol. The maximum absolute atomic E-state index is 11.8. The van der Waals surface area contributed by atoms with E-state index in [9.17, 15) is 9.90 Å². The van der Waals surface area contributed by atoms with Crippen LogP contribution in [0.5, 0.6) is 0 Å². The molecule has 4 aliphatic carbocycles. The zero-order valence-corrected chi connectivity index (χ0v) is 19.0. The Hall–Kier alpha value is -1.79. The van der Waals surface area contributed by atoms with E-state index in [2.05, 4.69) is 25.7 Å². The number of hydrogen-bond donors (Lipinski definition) is 1. The van der Waals surface area contributed by atoms with Crippen molar-refractivity contribution in [2.24, 2.45) is 34.5 Å². The first-order chi connectivity index (χ1) is 14.9. The van der Waals surface area contributed by atoms with Crippen LogP contribution in [-0.2, 0) is 9.53 Å². The van der Waals surface area contributed by atoms with E-state index in [1.807, 2.05) is 30.3 Å². The van der Waals surface area contributed by atoms with Crippen LogP contribution in [0.1, 0.15) is 77.2 Å². The van der Waals surface area contributed by atoms with E-state index in [1.54, 1.807) is 0 Å². The van der Waals surface area contributed by atoms with Gasteiger partial charge in [0.25, 0.3) is 6.47 Å². The Balaban J connectivity index is 1.38. The number of fused-ring (bicyclic) bond motifs is 5. The van der Waals surface area contributed by atoms with E-state index >= 15 is 0 Å². The fourth-order valence-corrected chi connectivity index (χ4v) is 8.34. The third-order valence-corrected chi connectivity index (χ3v) is 10.2. The SMILES string of the molecule is C[C@@]12CC[C@H](OC=O)C[C@@H]1CC[C@@H]1[C@H]3CC[C@@](O)(C#Cc4ccccc4)[C@@]3(C)CC[C@@H]12. The van der Waals surface area contributed by atoms with Gasteiger partial charge in [-0.2, -0.15) is 0 Å². The van der Waals surface area contributed by atoms with Crippen LogP contribution in [0.2, 0.25) is 0 Å². The second kappa shape index (κ2) is 7.66. The van der Waals surface area contributed by atoms with E-state index in [4.69, 9.17) is 4.74 Å². The molecule has 3 heteroatoms. The smallest absolute Gasteiger partial charge is 0.293 e. The van der Waals surface area contributed by atoms with Gasteiger partial charge in [-0.1, -0.05) is 43.9 Å². The quantitative estimate of drug-likeness (QED) is 0.518. The van der Waals surface area contributed by atoms with E-state index in [1.165, 1.54) is 25.7 Å². The highest BCUT2D eigenvalue weighted by atomic mass is 16.5. The summed E-state index contributed by atoms with van der Waals surface area (Å²) < 4.78 is 5.36. The number of rotatable bonds is 2. The molecule has 0 radical (unpaired) electrons. The predicted molar refractivity (Wildman–Crippen MR) is 121 cm³/mol. The summed E-state index contributed by atoms with van der Waals surface area (Å²) in [6.45, 7) is 5.48. The number of carbonyl (C=O) groups is 1. The molecule has 0 aliphatic heterocycles. The van der Waals surface area contributed by atoms with Crippen LogP contribution in [0.4, 0.5) is 0 Å². The van der Waals surface area contributed by atoms with E-state index in [-0.39, 0.29) is 11.5 Å². The van der Waals surface area contributed by atoms with Crippen molar-refractivity contribution in [1.29, 1.82) is 0 Å². The van der Waals surface area contributed by atoms with Crippen molar-refractivity contribution in [3.05, 3.63) is 35.9 Å². The lowest BCUT2D eigenvalue weighted by Crippen LogP contribution is -2.56. The first-order valence-corrected chi connectivity index (χ1v) is 12.3. The van der Waals surface area contributed by atoms with Crippen molar-refractivity contribution >= 4 is 6.47 Å². The zero-order chi connectivity index (χ0) is 21.7. The van der Waals surface area contributed by atoms with Crippen molar-refractivity contribution in [3.63, 3.8) is 0 Å². The highest BCUT2D eigenvalue weighted by Gasteiger charge is 2.64. The van der Waals surface area contributed by atoms with Crippen molar-refractivity contribution < 1.29 is 14.6 Å². The van der Waals surface area contributed by atoms with Crippen LogP contribution in [0.25, 0.3) is 0 Å². The van der Waals surface area contributed by atoms with Crippen molar-refractivity contribution in [2.45, 2.75) is 83.3 Å². The largest absolute Gasteiger partial charge is 0.465 e. The Labute approximate surface area is 187 Å². The van der Waals surface area contributed by atoms with Crippen molar-refractivity contribution in [2.75, 3.05) is 0 Å². The Bertz CT molecular complexity index is 885. The average molecular weight is 421 g/mol. The molecule has 8 atom stereocenters. The Morgan fingerprint density at radius 1 is 1.00 bits per heavy atom. The maximum Gasteiger partial charge on any atom is 0.293 e. The van der Waals surface area contributed by atoms with Gasteiger partial charge in [0, 0.05) is 11.0 Å². The van der Waals surface area contributed by atoms with Crippen LogP contribution in [-0.4, -0.2) is 23.3 Å². The summed E-state index contributed by atoms with van der Waals surface area (Å²) in [6.07, 6.45) is 9.95. The predicted octanol–water partition coefficient (Wildman–Crippen LogP) is 5.35. The van der Waals surface area contributed by atoms with Crippen LogP contribution in [0.3, 0.4) is 0 Å². The normalized spacial score (nSPS) is 46.0. The molecule has 1 aromatic carbocycles. The molecule has 31 heavy (non-hydrogen) atoms. The first-order valence-electron chi connectivity index (χ1n) is 12.3. The molecule has 1 N–H and O–H groups in total.